The molecule has 1 saturated heterocycles. The number of benzene rings is 2. The van der Waals surface area contributed by atoms with Crippen LogP contribution >= 0.6 is 11.6 Å². The maximum absolute atomic E-state index is 12.9. The van der Waals surface area contributed by atoms with Crippen molar-refractivity contribution in [2.45, 2.75) is 31.1 Å². The average Bonchev–Trinajstić information content (AvgIpc) is 2.62. The number of amides is 1. The molecular formula is C19H21ClN2O3S. The van der Waals surface area contributed by atoms with E-state index in [1.807, 2.05) is 25.1 Å². The molecule has 0 radical (unpaired) electrons. The van der Waals surface area contributed by atoms with Gasteiger partial charge >= 0.3 is 0 Å². The molecule has 0 saturated carbocycles. The van der Waals surface area contributed by atoms with E-state index in [2.05, 4.69) is 5.32 Å². The summed E-state index contributed by atoms with van der Waals surface area (Å²) >= 11 is 6.15. The second-order valence-electron chi connectivity index (χ2n) is 6.43. The van der Waals surface area contributed by atoms with Gasteiger partial charge in [-0.3, -0.25) is 4.79 Å². The van der Waals surface area contributed by atoms with E-state index < -0.39 is 10.0 Å². The number of halogens is 1. The smallest absolute Gasteiger partial charge is 0.255 e. The second-order valence-corrected chi connectivity index (χ2v) is 8.75. The van der Waals surface area contributed by atoms with E-state index in [4.69, 9.17) is 11.6 Å². The Morgan fingerprint density at radius 3 is 2.50 bits per heavy atom. The summed E-state index contributed by atoms with van der Waals surface area (Å²) in [6.45, 7) is 2.90. The van der Waals surface area contributed by atoms with Crippen molar-refractivity contribution >= 4 is 33.2 Å². The predicted octanol–water partition coefficient (Wildman–Crippen LogP) is 4.08. The number of anilines is 1. The molecular weight excluding hydrogens is 372 g/mol. The molecule has 1 N–H and O–H groups in total. The highest BCUT2D eigenvalue weighted by Gasteiger charge is 2.28. The largest absolute Gasteiger partial charge is 0.322 e. The molecule has 0 aromatic heterocycles. The highest BCUT2D eigenvalue weighted by molar-refractivity contribution is 7.89. The zero-order valence-electron chi connectivity index (χ0n) is 14.5. The molecule has 1 heterocycles. The van der Waals surface area contributed by atoms with Crippen LogP contribution in [0.1, 0.15) is 35.2 Å². The van der Waals surface area contributed by atoms with Gasteiger partial charge in [-0.15, -0.1) is 0 Å². The molecule has 0 spiro atoms. The van der Waals surface area contributed by atoms with Gasteiger partial charge in [0.15, 0.2) is 0 Å². The van der Waals surface area contributed by atoms with Crippen LogP contribution in [0.4, 0.5) is 5.69 Å². The summed E-state index contributed by atoms with van der Waals surface area (Å²) in [5, 5.41) is 2.91. The summed E-state index contributed by atoms with van der Waals surface area (Å²) in [5.74, 6) is -0.373. The van der Waals surface area contributed by atoms with E-state index in [1.54, 1.807) is 6.07 Å². The molecule has 26 heavy (non-hydrogen) atoms. The summed E-state index contributed by atoms with van der Waals surface area (Å²) < 4.78 is 27.2. The van der Waals surface area contributed by atoms with Crippen molar-refractivity contribution in [1.29, 1.82) is 0 Å². The molecule has 0 bridgehead atoms. The Labute approximate surface area is 159 Å². The van der Waals surface area contributed by atoms with Crippen LogP contribution in [0.25, 0.3) is 0 Å². The van der Waals surface area contributed by atoms with Crippen molar-refractivity contribution in [3.63, 3.8) is 0 Å². The molecule has 1 amide bonds. The summed E-state index contributed by atoms with van der Waals surface area (Å²) in [6, 6.07) is 11.8. The van der Waals surface area contributed by atoms with Gasteiger partial charge in [-0.2, -0.15) is 4.31 Å². The molecule has 2 aromatic carbocycles. The molecule has 138 valence electrons. The zero-order chi connectivity index (χ0) is 18.7. The lowest BCUT2D eigenvalue weighted by molar-refractivity contribution is 0.102. The summed E-state index contributed by atoms with van der Waals surface area (Å²) in [4.78, 5) is 12.5. The minimum atomic E-state index is -3.71. The number of sulfonamides is 1. The van der Waals surface area contributed by atoms with Gasteiger partial charge in [-0.05, 0) is 55.7 Å². The van der Waals surface area contributed by atoms with E-state index >= 15 is 0 Å². The third-order valence-electron chi connectivity index (χ3n) is 4.40. The van der Waals surface area contributed by atoms with Gasteiger partial charge in [0.05, 0.1) is 5.02 Å². The zero-order valence-corrected chi connectivity index (χ0v) is 16.1. The number of carbonyl (C=O) groups is 1. The maximum atomic E-state index is 12.9. The van der Waals surface area contributed by atoms with E-state index in [-0.39, 0.29) is 21.4 Å². The fourth-order valence-electron chi connectivity index (χ4n) is 3.01. The van der Waals surface area contributed by atoms with Crippen LogP contribution in [-0.2, 0) is 10.0 Å². The van der Waals surface area contributed by atoms with Gasteiger partial charge < -0.3 is 5.32 Å². The molecule has 5 nitrogen and oxygen atoms in total. The van der Waals surface area contributed by atoms with Crippen molar-refractivity contribution in [3.8, 4) is 0 Å². The van der Waals surface area contributed by atoms with Crippen LogP contribution in [0.5, 0.6) is 0 Å². The molecule has 3 rings (SSSR count). The number of aryl methyl sites for hydroxylation is 1. The molecule has 1 aliphatic rings. The number of piperidine rings is 1. The first-order valence-electron chi connectivity index (χ1n) is 8.55. The van der Waals surface area contributed by atoms with Gasteiger partial charge in [-0.25, -0.2) is 8.42 Å². The summed E-state index contributed by atoms with van der Waals surface area (Å²) in [7, 11) is -3.71. The fourth-order valence-corrected chi connectivity index (χ4v) is 5.03. The van der Waals surface area contributed by atoms with E-state index in [0.717, 1.165) is 24.8 Å². The highest BCUT2D eigenvalue weighted by atomic mass is 35.5. The van der Waals surface area contributed by atoms with Crippen LogP contribution < -0.4 is 5.32 Å². The maximum Gasteiger partial charge on any atom is 0.255 e. The molecule has 0 unspecified atom stereocenters. The molecule has 0 atom stereocenters. The number of carbonyl (C=O) groups excluding carboxylic acids is 1. The number of rotatable bonds is 4. The normalized spacial score (nSPS) is 15.6. The van der Waals surface area contributed by atoms with Crippen LogP contribution in [-0.4, -0.2) is 31.7 Å². The minimum absolute atomic E-state index is 0.0158. The van der Waals surface area contributed by atoms with Crippen molar-refractivity contribution in [2.75, 3.05) is 18.4 Å². The van der Waals surface area contributed by atoms with Crippen molar-refractivity contribution in [2.24, 2.45) is 0 Å². The first-order valence-corrected chi connectivity index (χ1v) is 10.4. The summed E-state index contributed by atoms with van der Waals surface area (Å²) in [5.41, 5.74) is 1.93. The number of hydrogen-bond donors (Lipinski definition) is 1. The Balaban J connectivity index is 1.88. The third-order valence-corrected chi connectivity index (χ3v) is 6.78. The van der Waals surface area contributed by atoms with Gasteiger partial charge in [0, 0.05) is 24.3 Å². The first kappa shape index (κ1) is 18.9. The lowest BCUT2D eigenvalue weighted by Crippen LogP contribution is -2.35. The highest BCUT2D eigenvalue weighted by Crippen LogP contribution is 2.28. The van der Waals surface area contributed by atoms with Crippen molar-refractivity contribution in [1.82, 2.24) is 4.31 Å². The first-order chi connectivity index (χ1) is 12.4. The molecule has 7 heteroatoms. The lowest BCUT2D eigenvalue weighted by Gasteiger charge is -2.26. The quantitative estimate of drug-likeness (QED) is 0.852. The van der Waals surface area contributed by atoms with Crippen LogP contribution in [0.15, 0.2) is 47.4 Å². The predicted molar refractivity (Wildman–Crippen MR) is 103 cm³/mol. The van der Waals surface area contributed by atoms with Gasteiger partial charge in [-0.1, -0.05) is 30.2 Å². The van der Waals surface area contributed by atoms with Gasteiger partial charge in [0.2, 0.25) is 10.0 Å². The van der Waals surface area contributed by atoms with E-state index in [1.165, 1.54) is 22.5 Å². The Hall–Kier alpha value is -1.89. The Morgan fingerprint density at radius 2 is 1.81 bits per heavy atom. The second kappa shape index (κ2) is 7.78. The van der Waals surface area contributed by atoms with Gasteiger partial charge in [0.1, 0.15) is 4.90 Å². The number of nitrogens with zero attached hydrogens (tertiary/aromatic N) is 1. The Bertz CT molecular complexity index is 922. The third kappa shape index (κ3) is 4.09. The molecule has 1 aliphatic heterocycles. The topological polar surface area (TPSA) is 66.5 Å². The van der Waals surface area contributed by atoms with E-state index in [9.17, 15) is 13.2 Å². The Kier molecular flexibility index (Phi) is 5.65. The van der Waals surface area contributed by atoms with E-state index in [0.29, 0.717) is 18.8 Å². The molecule has 2 aromatic rings. The molecule has 1 fully saturated rings. The fraction of sp³-hybridized carbons (Fsp3) is 0.316. The molecule has 0 aliphatic carbocycles. The average molecular weight is 393 g/mol. The Morgan fingerprint density at radius 1 is 1.08 bits per heavy atom. The monoisotopic (exact) mass is 392 g/mol. The summed E-state index contributed by atoms with van der Waals surface area (Å²) in [6.07, 6.45) is 2.70. The SMILES string of the molecule is Cc1cccc(NC(=O)c2ccc(Cl)c(S(=O)(=O)N3CCCCC3)c2)c1. The minimum Gasteiger partial charge on any atom is -0.322 e. The van der Waals surface area contributed by atoms with Crippen LogP contribution in [0.2, 0.25) is 5.02 Å². The number of nitrogens with one attached hydrogen (secondary N) is 1. The van der Waals surface area contributed by atoms with Crippen LogP contribution in [0, 0.1) is 6.92 Å². The van der Waals surface area contributed by atoms with Gasteiger partial charge in [0.25, 0.3) is 5.91 Å². The van der Waals surface area contributed by atoms with Crippen molar-refractivity contribution in [3.05, 3.63) is 58.6 Å². The lowest BCUT2D eigenvalue weighted by atomic mass is 10.2. The van der Waals surface area contributed by atoms with Crippen LogP contribution in [0.3, 0.4) is 0 Å². The standard InChI is InChI=1S/C19H21ClN2O3S/c1-14-6-5-7-16(12-14)21-19(23)15-8-9-17(20)18(13-15)26(24,25)22-10-3-2-4-11-22/h5-9,12-13H,2-4,10-11H2,1H3,(H,21,23). The van der Waals surface area contributed by atoms with Crippen molar-refractivity contribution < 1.29 is 13.2 Å². The number of hydrogen-bond acceptors (Lipinski definition) is 3.